The second-order valence-corrected chi connectivity index (χ2v) is 6.92. The smallest absolute Gasteiger partial charge is 0.422 e. The Morgan fingerprint density at radius 2 is 1.96 bits per heavy atom. The number of hydrogen-bond acceptors (Lipinski definition) is 5. The van der Waals surface area contributed by atoms with Crippen LogP contribution in [0, 0.1) is 0 Å². The molecule has 0 unspecified atom stereocenters. The van der Waals surface area contributed by atoms with Gasteiger partial charge in [-0.25, -0.2) is 14.5 Å². The highest BCUT2D eigenvalue weighted by Crippen LogP contribution is 2.42. The van der Waals surface area contributed by atoms with Crippen molar-refractivity contribution in [3.63, 3.8) is 0 Å². The lowest BCUT2D eigenvalue weighted by molar-refractivity contribution is -0.137. The first kappa shape index (κ1) is 18.2. The van der Waals surface area contributed by atoms with Gasteiger partial charge in [0.2, 0.25) is 0 Å². The number of halogens is 1. The third-order valence-corrected chi connectivity index (χ3v) is 3.70. The Labute approximate surface area is 148 Å². The van der Waals surface area contributed by atoms with Crippen LogP contribution in [0.15, 0.2) is 28.7 Å². The van der Waals surface area contributed by atoms with Gasteiger partial charge >= 0.3 is 12.1 Å². The van der Waals surface area contributed by atoms with Crippen LogP contribution >= 0.6 is 15.9 Å². The number of fused-ring (bicyclic) bond motifs is 1. The number of ether oxygens (including phenoxy) is 2. The molecule has 2 rings (SSSR count). The molecule has 0 N–H and O–H groups in total. The first-order valence-corrected chi connectivity index (χ1v) is 8.19. The maximum Gasteiger partial charge on any atom is 0.422 e. The maximum absolute atomic E-state index is 12.7. The molecule has 1 aromatic rings. The van der Waals surface area contributed by atoms with Crippen molar-refractivity contribution in [2.45, 2.75) is 33.3 Å². The lowest BCUT2D eigenvalue weighted by Crippen LogP contribution is -2.38. The van der Waals surface area contributed by atoms with Crippen molar-refractivity contribution >= 4 is 45.2 Å². The van der Waals surface area contributed by atoms with Crippen LogP contribution in [0.4, 0.5) is 10.5 Å². The molecule has 0 aromatic heterocycles. The van der Waals surface area contributed by atoms with Gasteiger partial charge in [0.1, 0.15) is 5.60 Å². The molecule has 24 heavy (non-hydrogen) atoms. The first-order valence-electron chi connectivity index (χ1n) is 7.40. The van der Waals surface area contributed by atoms with Gasteiger partial charge in [0.15, 0.2) is 0 Å². The van der Waals surface area contributed by atoms with Crippen LogP contribution < -0.4 is 4.90 Å². The summed E-state index contributed by atoms with van der Waals surface area (Å²) >= 11 is 3.34. The minimum absolute atomic E-state index is 0.0932. The molecule has 0 fully saturated rings. The minimum atomic E-state index is -0.798. The van der Waals surface area contributed by atoms with Crippen LogP contribution in [0.25, 0.3) is 5.57 Å². The first-order chi connectivity index (χ1) is 11.2. The second-order valence-electron chi connectivity index (χ2n) is 6.07. The molecule has 128 valence electrons. The van der Waals surface area contributed by atoms with E-state index in [1.807, 2.05) is 0 Å². The van der Waals surface area contributed by atoms with Crippen LogP contribution in [0.5, 0.6) is 0 Å². The highest BCUT2D eigenvalue weighted by Gasteiger charge is 2.40. The molecule has 1 aliphatic rings. The Kier molecular flexibility index (Phi) is 5.13. The zero-order valence-corrected chi connectivity index (χ0v) is 15.5. The average molecular weight is 396 g/mol. The van der Waals surface area contributed by atoms with Gasteiger partial charge in [-0.15, -0.1) is 0 Å². The van der Waals surface area contributed by atoms with Crippen LogP contribution in [0.3, 0.4) is 0 Å². The summed E-state index contributed by atoms with van der Waals surface area (Å²) < 4.78 is 10.7. The van der Waals surface area contributed by atoms with Crippen LogP contribution in [-0.2, 0) is 19.1 Å². The molecule has 2 amide bonds. The van der Waals surface area contributed by atoms with E-state index >= 15 is 0 Å². The molecule has 0 spiro atoms. The topological polar surface area (TPSA) is 72.9 Å². The van der Waals surface area contributed by atoms with E-state index in [1.165, 1.54) is 0 Å². The fraction of sp³-hybridized carbons (Fsp3) is 0.353. The van der Waals surface area contributed by atoms with Crippen molar-refractivity contribution in [2.24, 2.45) is 0 Å². The molecule has 0 radical (unpaired) electrons. The second kappa shape index (κ2) is 6.76. The van der Waals surface area contributed by atoms with Crippen LogP contribution in [-0.4, -0.2) is 30.2 Å². The molecule has 0 saturated carbocycles. The quantitative estimate of drug-likeness (QED) is 0.563. The molecular weight excluding hydrogens is 378 g/mol. The predicted octanol–water partition coefficient (Wildman–Crippen LogP) is 3.68. The Bertz CT molecular complexity index is 733. The standard InChI is InChI=1S/C17H18BrNO5/c1-5-23-13(20)9-11-10-7-6-8-12(18)14(10)19(15(11)21)16(22)24-17(2,3)4/h6-9H,5H2,1-4H3/b11-9+. The largest absolute Gasteiger partial charge is 0.463 e. The lowest BCUT2D eigenvalue weighted by atomic mass is 10.1. The van der Waals surface area contributed by atoms with Crippen molar-refractivity contribution in [2.75, 3.05) is 11.5 Å². The molecule has 0 aliphatic carbocycles. The number of carbonyl (C=O) groups is 3. The fourth-order valence-corrected chi connectivity index (χ4v) is 2.76. The summed E-state index contributed by atoms with van der Waals surface area (Å²) in [5.41, 5.74) is 0.156. The number of rotatable bonds is 2. The van der Waals surface area contributed by atoms with Crippen molar-refractivity contribution in [1.29, 1.82) is 0 Å². The molecule has 1 aliphatic heterocycles. The number of amides is 2. The summed E-state index contributed by atoms with van der Waals surface area (Å²) in [5, 5.41) is 0. The summed E-state index contributed by atoms with van der Waals surface area (Å²) in [4.78, 5) is 37.8. The van der Waals surface area contributed by atoms with Crippen molar-refractivity contribution in [3.8, 4) is 0 Å². The number of carbonyl (C=O) groups excluding carboxylic acids is 3. The van der Waals surface area contributed by atoms with Gasteiger partial charge in [-0.2, -0.15) is 0 Å². The van der Waals surface area contributed by atoms with E-state index in [9.17, 15) is 14.4 Å². The van der Waals surface area contributed by atoms with E-state index in [-0.39, 0.29) is 12.2 Å². The van der Waals surface area contributed by atoms with Crippen LogP contribution in [0.2, 0.25) is 0 Å². The molecule has 6 nitrogen and oxygen atoms in total. The number of imide groups is 1. The van der Waals surface area contributed by atoms with E-state index in [1.54, 1.807) is 45.9 Å². The molecule has 1 aromatic carbocycles. The van der Waals surface area contributed by atoms with E-state index in [0.29, 0.717) is 15.7 Å². The minimum Gasteiger partial charge on any atom is -0.463 e. The Morgan fingerprint density at radius 1 is 1.29 bits per heavy atom. The van der Waals surface area contributed by atoms with Crippen LogP contribution in [0.1, 0.15) is 33.3 Å². The molecule has 0 saturated heterocycles. The van der Waals surface area contributed by atoms with Gasteiger partial charge in [0.25, 0.3) is 5.91 Å². The van der Waals surface area contributed by atoms with Crippen molar-refractivity contribution in [3.05, 3.63) is 34.3 Å². The molecule has 0 bridgehead atoms. The van der Waals surface area contributed by atoms with Gasteiger partial charge in [-0.3, -0.25) is 4.79 Å². The van der Waals surface area contributed by atoms with Crippen molar-refractivity contribution < 1.29 is 23.9 Å². The van der Waals surface area contributed by atoms with Crippen molar-refractivity contribution in [1.82, 2.24) is 0 Å². The molecular formula is C17H18BrNO5. The molecule has 0 atom stereocenters. The number of benzene rings is 1. The highest BCUT2D eigenvalue weighted by atomic mass is 79.9. The summed E-state index contributed by atoms with van der Waals surface area (Å²) in [6, 6.07) is 5.08. The summed E-state index contributed by atoms with van der Waals surface area (Å²) in [6.07, 6.45) is 0.300. The number of hydrogen-bond donors (Lipinski definition) is 0. The highest BCUT2D eigenvalue weighted by molar-refractivity contribution is 9.10. The molecule has 1 heterocycles. The SMILES string of the molecule is CCOC(=O)/C=C1/C(=O)N(C(=O)OC(C)(C)C)c2c(Br)cccc21. The van der Waals surface area contributed by atoms with Gasteiger partial charge < -0.3 is 9.47 Å². The summed E-state index contributed by atoms with van der Waals surface area (Å²) in [7, 11) is 0. The third-order valence-electron chi connectivity index (χ3n) is 3.06. The number of para-hydroxylation sites is 1. The van der Waals surface area contributed by atoms with Gasteiger partial charge in [-0.05, 0) is 49.7 Å². The molecule has 7 heteroatoms. The van der Waals surface area contributed by atoms with Gasteiger partial charge in [0, 0.05) is 16.1 Å². The summed E-state index contributed by atoms with van der Waals surface area (Å²) in [5.74, 6) is -1.27. The Hall–Kier alpha value is -2.15. The monoisotopic (exact) mass is 395 g/mol. The van der Waals surface area contributed by atoms with E-state index in [4.69, 9.17) is 9.47 Å². The van der Waals surface area contributed by atoms with E-state index < -0.39 is 23.6 Å². The zero-order chi connectivity index (χ0) is 18.1. The average Bonchev–Trinajstić information content (AvgIpc) is 2.72. The van der Waals surface area contributed by atoms with Gasteiger partial charge in [-0.1, -0.05) is 12.1 Å². The fourth-order valence-electron chi connectivity index (χ4n) is 2.22. The summed E-state index contributed by atoms with van der Waals surface area (Å²) in [6.45, 7) is 6.99. The van der Waals surface area contributed by atoms with Gasteiger partial charge in [0.05, 0.1) is 17.9 Å². The predicted molar refractivity (Wildman–Crippen MR) is 92.5 cm³/mol. The third kappa shape index (κ3) is 3.67. The van der Waals surface area contributed by atoms with E-state index in [2.05, 4.69) is 15.9 Å². The lowest BCUT2D eigenvalue weighted by Gasteiger charge is -2.24. The zero-order valence-electron chi connectivity index (χ0n) is 13.9. The maximum atomic E-state index is 12.7. The number of esters is 1. The normalized spacial score (nSPS) is 15.5. The Balaban J connectivity index is 2.51. The van der Waals surface area contributed by atoms with E-state index in [0.717, 1.165) is 11.0 Å². The number of nitrogens with zero attached hydrogens (tertiary/aromatic N) is 1. The Morgan fingerprint density at radius 3 is 2.54 bits per heavy atom. The number of anilines is 1.